The Hall–Kier alpha value is -3.24. The van der Waals surface area contributed by atoms with Crippen LogP contribution in [-0.2, 0) is 12.7 Å². The van der Waals surface area contributed by atoms with Gasteiger partial charge >= 0.3 is 6.18 Å². The predicted octanol–water partition coefficient (Wildman–Crippen LogP) is 4.63. The summed E-state index contributed by atoms with van der Waals surface area (Å²) in [5.74, 6) is 1.98. The number of benzene rings is 2. The van der Waals surface area contributed by atoms with E-state index in [0.717, 1.165) is 43.6 Å². The van der Waals surface area contributed by atoms with Crippen LogP contribution in [0.5, 0.6) is 11.5 Å². The van der Waals surface area contributed by atoms with Gasteiger partial charge < -0.3 is 18.9 Å². The summed E-state index contributed by atoms with van der Waals surface area (Å²) < 4.78 is 55.5. The van der Waals surface area contributed by atoms with Gasteiger partial charge in [-0.3, -0.25) is 9.80 Å². The second-order valence-electron chi connectivity index (χ2n) is 8.83. The highest BCUT2D eigenvalue weighted by molar-refractivity contribution is 5.71. The number of aromatic nitrogens is 1. The smallest absolute Gasteiger partial charge is 0.416 e. The normalized spacial score (nSPS) is 14.9. The average Bonchev–Trinajstić information content (AvgIpc) is 3.35. The number of rotatable bonds is 9. The number of hydrogen-bond donors (Lipinski definition) is 0. The fraction of sp³-hybridized carbons (Fsp3) is 0.423. The molecule has 0 unspecified atom stereocenters. The average molecular weight is 505 g/mol. The maximum absolute atomic E-state index is 13.0. The summed E-state index contributed by atoms with van der Waals surface area (Å²) in [6.45, 7) is 5.26. The summed E-state index contributed by atoms with van der Waals surface area (Å²) in [7, 11) is 5.21. The van der Waals surface area contributed by atoms with E-state index in [2.05, 4.69) is 15.0 Å². The predicted molar refractivity (Wildman–Crippen MR) is 131 cm³/mol. The third-order valence-electron chi connectivity index (χ3n) is 6.37. The number of piperazine rings is 1. The first-order valence-electron chi connectivity index (χ1n) is 11.8. The summed E-state index contributed by atoms with van der Waals surface area (Å²) in [5.41, 5.74) is 1.49. The van der Waals surface area contributed by atoms with E-state index in [9.17, 15) is 13.2 Å². The first kappa shape index (κ1) is 25.8. The van der Waals surface area contributed by atoms with Gasteiger partial charge in [0.2, 0.25) is 0 Å². The van der Waals surface area contributed by atoms with E-state index in [4.69, 9.17) is 14.0 Å². The van der Waals surface area contributed by atoms with E-state index in [1.54, 1.807) is 20.3 Å². The van der Waals surface area contributed by atoms with E-state index in [-0.39, 0.29) is 0 Å². The van der Waals surface area contributed by atoms with E-state index < -0.39 is 11.7 Å². The van der Waals surface area contributed by atoms with Crippen molar-refractivity contribution in [3.63, 3.8) is 0 Å². The number of likely N-dealkylation sites (N-methyl/N-ethyl adjacent to an activating group) is 1. The van der Waals surface area contributed by atoms with Crippen molar-refractivity contribution in [1.82, 2.24) is 15.0 Å². The number of ether oxygens (including phenoxy) is 2. The Bertz CT molecular complexity index is 1140. The summed E-state index contributed by atoms with van der Waals surface area (Å²) in [6.07, 6.45) is -4.33. The number of anilines is 1. The summed E-state index contributed by atoms with van der Waals surface area (Å²) in [6, 6.07) is 13.1. The molecule has 0 aliphatic carbocycles. The molecule has 4 rings (SSSR count). The Morgan fingerprint density at radius 1 is 1.00 bits per heavy atom. The van der Waals surface area contributed by atoms with Crippen molar-refractivity contribution < 1.29 is 27.2 Å². The molecular weight excluding hydrogens is 473 g/mol. The van der Waals surface area contributed by atoms with Crippen molar-refractivity contribution in [1.29, 1.82) is 0 Å². The lowest BCUT2D eigenvalue weighted by molar-refractivity contribution is -0.137. The van der Waals surface area contributed by atoms with Gasteiger partial charge in [0, 0.05) is 56.6 Å². The van der Waals surface area contributed by atoms with E-state index in [0.29, 0.717) is 42.5 Å². The SMILES string of the molecule is COc1cccc(-c2cc(CN(C)CCN3CCN(c4cccc(C(F)(F)F)c4)CC3)on2)c1OC. The minimum absolute atomic E-state index is 0.601. The molecule has 2 heterocycles. The van der Waals surface area contributed by atoms with Crippen LogP contribution in [-0.4, -0.2) is 75.5 Å². The lowest BCUT2D eigenvalue weighted by Crippen LogP contribution is -2.48. The molecule has 0 amide bonds. The molecule has 1 aromatic heterocycles. The molecule has 0 saturated carbocycles. The minimum Gasteiger partial charge on any atom is -0.493 e. The number of alkyl halides is 3. The van der Waals surface area contributed by atoms with Crippen molar-refractivity contribution in [3.05, 3.63) is 59.9 Å². The van der Waals surface area contributed by atoms with Crippen LogP contribution in [0.1, 0.15) is 11.3 Å². The summed E-state index contributed by atoms with van der Waals surface area (Å²) in [5, 5.41) is 4.21. The topological polar surface area (TPSA) is 54.2 Å². The first-order valence-corrected chi connectivity index (χ1v) is 11.8. The molecule has 36 heavy (non-hydrogen) atoms. The zero-order chi connectivity index (χ0) is 25.7. The number of nitrogens with zero attached hydrogens (tertiary/aromatic N) is 4. The Kier molecular flexibility index (Phi) is 8.05. The van der Waals surface area contributed by atoms with Gasteiger partial charge in [-0.05, 0) is 37.4 Å². The molecule has 0 N–H and O–H groups in total. The minimum atomic E-state index is -4.33. The van der Waals surface area contributed by atoms with Crippen LogP contribution in [0, 0.1) is 0 Å². The first-order chi connectivity index (χ1) is 17.3. The Morgan fingerprint density at radius 2 is 1.75 bits per heavy atom. The molecule has 0 atom stereocenters. The highest BCUT2D eigenvalue weighted by Crippen LogP contribution is 2.37. The van der Waals surface area contributed by atoms with Crippen molar-refractivity contribution >= 4 is 5.69 Å². The molecule has 194 valence electrons. The molecule has 3 aromatic rings. The van der Waals surface area contributed by atoms with Crippen LogP contribution in [0.3, 0.4) is 0 Å². The highest BCUT2D eigenvalue weighted by Gasteiger charge is 2.31. The molecule has 1 aliphatic rings. The van der Waals surface area contributed by atoms with Crippen molar-refractivity contribution in [2.45, 2.75) is 12.7 Å². The Labute approximate surface area is 209 Å². The van der Waals surface area contributed by atoms with E-state index in [1.165, 1.54) is 12.1 Å². The molecule has 0 bridgehead atoms. The van der Waals surface area contributed by atoms with Crippen LogP contribution in [0.2, 0.25) is 0 Å². The van der Waals surface area contributed by atoms with Crippen LogP contribution in [0.4, 0.5) is 18.9 Å². The molecule has 7 nitrogen and oxygen atoms in total. The van der Waals surface area contributed by atoms with Crippen molar-refractivity contribution in [2.75, 3.05) is 65.4 Å². The number of methoxy groups -OCH3 is 2. The summed E-state index contributed by atoms with van der Waals surface area (Å²) >= 11 is 0. The Balaban J connectivity index is 1.27. The molecule has 0 spiro atoms. The van der Waals surface area contributed by atoms with Gasteiger partial charge in [-0.2, -0.15) is 13.2 Å². The quantitative estimate of drug-likeness (QED) is 0.421. The van der Waals surface area contributed by atoms with Gasteiger partial charge in [-0.15, -0.1) is 0 Å². The Morgan fingerprint density at radius 3 is 2.44 bits per heavy atom. The van der Waals surface area contributed by atoms with Gasteiger partial charge in [0.05, 0.1) is 26.3 Å². The maximum Gasteiger partial charge on any atom is 0.416 e. The largest absolute Gasteiger partial charge is 0.493 e. The number of halogens is 3. The van der Waals surface area contributed by atoms with Crippen LogP contribution >= 0.6 is 0 Å². The van der Waals surface area contributed by atoms with Crippen LogP contribution in [0.25, 0.3) is 11.3 Å². The molecule has 1 fully saturated rings. The maximum atomic E-state index is 13.0. The molecule has 1 saturated heterocycles. The second kappa shape index (κ2) is 11.2. The standard InChI is InChI=1S/C26H31F3N4O3/c1-31(18-21-17-23(30-36-21)22-8-5-9-24(34-2)25(22)35-3)10-11-32-12-14-33(15-13-32)20-7-4-6-19(16-20)26(27,28)29/h4-9,16-17H,10-15,18H2,1-3H3. The summed E-state index contributed by atoms with van der Waals surface area (Å²) in [4.78, 5) is 6.50. The van der Waals surface area contributed by atoms with Gasteiger partial charge in [-0.25, -0.2) is 0 Å². The van der Waals surface area contributed by atoms with Crippen molar-refractivity contribution in [2.24, 2.45) is 0 Å². The molecular formula is C26H31F3N4O3. The monoisotopic (exact) mass is 504 g/mol. The lowest BCUT2D eigenvalue weighted by Gasteiger charge is -2.36. The molecule has 2 aromatic carbocycles. The lowest BCUT2D eigenvalue weighted by atomic mass is 10.1. The molecule has 0 radical (unpaired) electrons. The van der Waals surface area contributed by atoms with Gasteiger partial charge in [-0.1, -0.05) is 17.3 Å². The number of hydrogen-bond acceptors (Lipinski definition) is 7. The number of para-hydroxylation sites is 1. The second-order valence-corrected chi connectivity index (χ2v) is 8.83. The third kappa shape index (κ3) is 6.11. The fourth-order valence-electron chi connectivity index (χ4n) is 4.37. The van der Waals surface area contributed by atoms with E-state index >= 15 is 0 Å². The van der Waals surface area contributed by atoms with Crippen molar-refractivity contribution in [3.8, 4) is 22.8 Å². The third-order valence-corrected chi connectivity index (χ3v) is 6.37. The molecule has 10 heteroatoms. The fourth-order valence-corrected chi connectivity index (χ4v) is 4.37. The zero-order valence-corrected chi connectivity index (χ0v) is 20.7. The van der Waals surface area contributed by atoms with Gasteiger partial charge in [0.25, 0.3) is 0 Å². The highest BCUT2D eigenvalue weighted by atomic mass is 19.4. The van der Waals surface area contributed by atoms with Crippen LogP contribution in [0.15, 0.2) is 53.1 Å². The zero-order valence-electron chi connectivity index (χ0n) is 20.7. The van der Waals surface area contributed by atoms with Gasteiger partial charge in [0.15, 0.2) is 17.3 Å². The van der Waals surface area contributed by atoms with E-state index in [1.807, 2.05) is 36.2 Å². The van der Waals surface area contributed by atoms with Crippen LogP contribution < -0.4 is 14.4 Å². The molecule has 1 aliphatic heterocycles. The van der Waals surface area contributed by atoms with Gasteiger partial charge in [0.1, 0.15) is 5.69 Å².